The average molecular weight is 541 g/mol. The van der Waals surface area contributed by atoms with Crippen LogP contribution in [-0.2, 0) is 31.5 Å². The summed E-state index contributed by atoms with van der Waals surface area (Å²) in [5.74, 6) is -0.312. The number of halogens is 2. The predicted molar refractivity (Wildman–Crippen MR) is 158 cm³/mol. The molecular weight excluding hydrogens is 507 g/mol. The summed E-state index contributed by atoms with van der Waals surface area (Å²) in [5, 5.41) is 6.60. The van der Waals surface area contributed by atoms with Crippen molar-refractivity contribution in [2.24, 2.45) is 0 Å². The van der Waals surface area contributed by atoms with Crippen LogP contribution in [0.1, 0.15) is 61.2 Å². The van der Waals surface area contributed by atoms with Gasteiger partial charge in [-0.25, -0.2) is 9.07 Å². The first-order chi connectivity index (χ1) is 18.8. The maximum atomic E-state index is 14.9. The number of benzene rings is 3. The SMILES string of the molecule is CCc1cccc(CC)c1-n1nc2c(c1-c1ccc(F)c3[nH]cc(Cl)c13)CN(Cc1ccccc1C)C2(C)C. The minimum absolute atomic E-state index is 0.299. The van der Waals surface area contributed by atoms with Crippen LogP contribution in [0.15, 0.2) is 60.8 Å². The normalized spacial score (nSPS) is 14.8. The van der Waals surface area contributed by atoms with E-state index in [0.717, 1.165) is 48.6 Å². The Hall–Kier alpha value is -3.41. The van der Waals surface area contributed by atoms with E-state index in [4.69, 9.17) is 16.7 Å². The lowest BCUT2D eigenvalue weighted by molar-refractivity contribution is 0.123. The smallest absolute Gasteiger partial charge is 0.147 e. The molecule has 3 aromatic carbocycles. The number of aryl methyl sites for hydroxylation is 3. The number of para-hydroxylation sites is 1. The van der Waals surface area contributed by atoms with Crippen molar-refractivity contribution in [3.8, 4) is 16.9 Å². The molecule has 6 heteroatoms. The summed E-state index contributed by atoms with van der Waals surface area (Å²) in [7, 11) is 0. The molecule has 0 amide bonds. The summed E-state index contributed by atoms with van der Waals surface area (Å²) < 4.78 is 17.0. The second-order valence-electron chi connectivity index (χ2n) is 11.0. The maximum absolute atomic E-state index is 14.9. The molecule has 3 heterocycles. The van der Waals surface area contributed by atoms with Gasteiger partial charge >= 0.3 is 0 Å². The molecule has 200 valence electrons. The van der Waals surface area contributed by atoms with Crippen LogP contribution in [0.2, 0.25) is 5.02 Å². The van der Waals surface area contributed by atoms with Crippen molar-refractivity contribution in [2.75, 3.05) is 0 Å². The van der Waals surface area contributed by atoms with Crippen LogP contribution in [0.25, 0.3) is 27.8 Å². The van der Waals surface area contributed by atoms with Crippen LogP contribution in [0.5, 0.6) is 0 Å². The van der Waals surface area contributed by atoms with Crippen molar-refractivity contribution in [1.82, 2.24) is 19.7 Å². The Labute approximate surface area is 234 Å². The van der Waals surface area contributed by atoms with E-state index in [2.05, 4.69) is 91.6 Å². The van der Waals surface area contributed by atoms with E-state index in [-0.39, 0.29) is 11.4 Å². The molecular formula is C33H34ClFN4. The monoisotopic (exact) mass is 540 g/mol. The molecule has 1 aliphatic heterocycles. The summed E-state index contributed by atoms with van der Waals surface area (Å²) >= 11 is 6.70. The first-order valence-corrected chi connectivity index (χ1v) is 14.1. The molecule has 0 bridgehead atoms. The molecule has 4 nitrogen and oxygen atoms in total. The quantitative estimate of drug-likeness (QED) is 0.234. The number of aromatic amines is 1. The van der Waals surface area contributed by atoms with Crippen LogP contribution in [0.3, 0.4) is 0 Å². The average Bonchev–Trinajstić information content (AvgIpc) is 3.57. The molecule has 1 aliphatic rings. The minimum Gasteiger partial charge on any atom is -0.357 e. The predicted octanol–water partition coefficient (Wildman–Crippen LogP) is 8.50. The molecule has 39 heavy (non-hydrogen) atoms. The Bertz CT molecular complexity index is 1690. The zero-order valence-electron chi connectivity index (χ0n) is 23.2. The molecule has 0 saturated heterocycles. The Morgan fingerprint density at radius 3 is 2.36 bits per heavy atom. The van der Waals surface area contributed by atoms with E-state index in [1.807, 2.05) is 6.07 Å². The molecule has 0 saturated carbocycles. The van der Waals surface area contributed by atoms with Crippen molar-refractivity contribution < 1.29 is 4.39 Å². The van der Waals surface area contributed by atoms with Crippen LogP contribution in [0.4, 0.5) is 4.39 Å². The molecule has 0 spiro atoms. The number of H-pyrrole nitrogens is 1. The summed E-state index contributed by atoms with van der Waals surface area (Å²) in [6.45, 7) is 12.6. The number of nitrogens with one attached hydrogen (secondary N) is 1. The fourth-order valence-electron chi connectivity index (χ4n) is 6.17. The summed E-state index contributed by atoms with van der Waals surface area (Å²) in [6.07, 6.45) is 3.45. The van der Waals surface area contributed by atoms with Crippen LogP contribution in [-0.4, -0.2) is 19.7 Å². The zero-order chi connectivity index (χ0) is 27.5. The van der Waals surface area contributed by atoms with Gasteiger partial charge in [0.15, 0.2) is 0 Å². The number of rotatable bonds is 6. The number of nitrogens with zero attached hydrogens (tertiary/aromatic N) is 3. The second kappa shape index (κ2) is 9.65. The first-order valence-electron chi connectivity index (χ1n) is 13.7. The number of hydrogen-bond acceptors (Lipinski definition) is 2. The minimum atomic E-state index is -0.312. The Morgan fingerprint density at radius 2 is 1.67 bits per heavy atom. The van der Waals surface area contributed by atoms with Gasteiger partial charge < -0.3 is 4.98 Å². The van der Waals surface area contributed by atoms with E-state index >= 15 is 0 Å². The van der Waals surface area contributed by atoms with E-state index in [0.29, 0.717) is 15.9 Å². The highest BCUT2D eigenvalue weighted by Crippen LogP contribution is 2.47. The van der Waals surface area contributed by atoms with Gasteiger partial charge in [0.05, 0.1) is 33.2 Å². The van der Waals surface area contributed by atoms with Gasteiger partial charge in [-0.2, -0.15) is 5.10 Å². The van der Waals surface area contributed by atoms with Crippen LogP contribution < -0.4 is 0 Å². The third-order valence-electron chi connectivity index (χ3n) is 8.49. The highest BCUT2D eigenvalue weighted by Gasteiger charge is 2.43. The zero-order valence-corrected chi connectivity index (χ0v) is 24.0. The van der Waals surface area contributed by atoms with E-state index < -0.39 is 0 Å². The topological polar surface area (TPSA) is 36.9 Å². The van der Waals surface area contributed by atoms with Gasteiger partial charge in [0.25, 0.3) is 0 Å². The molecule has 0 atom stereocenters. The summed E-state index contributed by atoms with van der Waals surface area (Å²) in [6, 6.07) is 18.5. The highest BCUT2D eigenvalue weighted by molar-refractivity contribution is 6.36. The Morgan fingerprint density at radius 1 is 0.974 bits per heavy atom. The van der Waals surface area contributed by atoms with Crippen LogP contribution in [0, 0.1) is 12.7 Å². The largest absolute Gasteiger partial charge is 0.357 e. The third-order valence-corrected chi connectivity index (χ3v) is 8.79. The lowest BCUT2D eigenvalue weighted by atomic mass is 9.96. The van der Waals surface area contributed by atoms with Crippen molar-refractivity contribution in [3.05, 3.63) is 105 Å². The van der Waals surface area contributed by atoms with E-state index in [9.17, 15) is 4.39 Å². The van der Waals surface area contributed by atoms with Gasteiger partial charge in [-0.1, -0.05) is 67.9 Å². The third kappa shape index (κ3) is 4.02. The van der Waals surface area contributed by atoms with Crippen molar-refractivity contribution in [2.45, 2.75) is 66.1 Å². The van der Waals surface area contributed by atoms with Crippen molar-refractivity contribution in [1.29, 1.82) is 0 Å². The molecule has 5 aromatic rings. The number of hydrogen-bond donors (Lipinski definition) is 1. The Kier molecular flexibility index (Phi) is 6.40. The van der Waals surface area contributed by atoms with Gasteiger partial charge in [-0.05, 0) is 68.0 Å². The molecule has 0 unspecified atom stereocenters. The molecule has 2 aromatic heterocycles. The summed E-state index contributed by atoms with van der Waals surface area (Å²) in [5.41, 5.74) is 10.4. The molecule has 6 rings (SSSR count). The van der Waals surface area contributed by atoms with E-state index in [1.165, 1.54) is 33.9 Å². The molecule has 1 N–H and O–H groups in total. The maximum Gasteiger partial charge on any atom is 0.147 e. The lowest BCUT2D eigenvalue weighted by Crippen LogP contribution is -2.36. The second-order valence-corrected chi connectivity index (χ2v) is 11.4. The van der Waals surface area contributed by atoms with Gasteiger partial charge in [-0.3, -0.25) is 4.90 Å². The Balaban J connectivity index is 1.63. The molecule has 0 aliphatic carbocycles. The van der Waals surface area contributed by atoms with Gasteiger partial charge in [0.2, 0.25) is 0 Å². The fraction of sp³-hybridized carbons (Fsp3) is 0.303. The van der Waals surface area contributed by atoms with E-state index in [1.54, 1.807) is 6.20 Å². The molecule has 0 fully saturated rings. The number of fused-ring (bicyclic) bond motifs is 2. The van der Waals surface area contributed by atoms with Gasteiger partial charge in [0.1, 0.15) is 5.82 Å². The fourth-order valence-corrected chi connectivity index (χ4v) is 6.42. The summed E-state index contributed by atoms with van der Waals surface area (Å²) in [4.78, 5) is 5.54. The lowest BCUT2D eigenvalue weighted by Gasteiger charge is -2.32. The van der Waals surface area contributed by atoms with Crippen LogP contribution >= 0.6 is 11.6 Å². The first kappa shape index (κ1) is 25.8. The van der Waals surface area contributed by atoms with Crippen molar-refractivity contribution >= 4 is 22.5 Å². The standard InChI is InChI=1S/C33H34ClFN4/c1-6-21-13-10-14-22(7-2)30(21)39-31(24-15-16-27(35)29-28(24)26(34)17-36-29)25-19-38(33(4,5)32(25)37-39)18-23-12-9-8-11-20(23)3/h8-17,36H,6-7,18-19H2,1-5H3. The van der Waals surface area contributed by atoms with Gasteiger partial charge in [-0.15, -0.1) is 0 Å². The highest BCUT2D eigenvalue weighted by atomic mass is 35.5. The van der Waals surface area contributed by atoms with Gasteiger partial charge in [0, 0.05) is 35.8 Å². The number of aromatic nitrogens is 3. The van der Waals surface area contributed by atoms with Crippen molar-refractivity contribution in [3.63, 3.8) is 0 Å². The molecule has 0 radical (unpaired) electrons.